The third-order valence-corrected chi connectivity index (χ3v) is 5.10. The molecule has 1 saturated carbocycles. The molecule has 1 heterocycles. The van der Waals surface area contributed by atoms with Crippen LogP contribution < -0.4 is 5.32 Å². The van der Waals surface area contributed by atoms with Crippen molar-refractivity contribution in [3.63, 3.8) is 0 Å². The SMILES string of the molecule is O=C(OCc1ccccc1Br)C1NCC2CCCC21. The summed E-state index contributed by atoms with van der Waals surface area (Å²) in [4.78, 5) is 12.2. The van der Waals surface area contributed by atoms with Crippen molar-refractivity contribution in [2.75, 3.05) is 6.54 Å². The minimum absolute atomic E-state index is 0.0880. The van der Waals surface area contributed by atoms with E-state index in [2.05, 4.69) is 21.2 Å². The van der Waals surface area contributed by atoms with Gasteiger partial charge in [-0.3, -0.25) is 4.79 Å². The van der Waals surface area contributed by atoms with E-state index < -0.39 is 0 Å². The first-order valence-corrected chi connectivity index (χ1v) is 7.68. The second-order valence-electron chi connectivity index (χ2n) is 5.44. The van der Waals surface area contributed by atoms with Gasteiger partial charge in [-0.05, 0) is 37.3 Å². The van der Waals surface area contributed by atoms with Gasteiger partial charge in [0.05, 0.1) is 0 Å². The minimum Gasteiger partial charge on any atom is -0.460 e. The summed E-state index contributed by atoms with van der Waals surface area (Å²) in [6.45, 7) is 1.31. The average Bonchev–Trinajstić information content (AvgIpc) is 2.99. The maximum Gasteiger partial charge on any atom is 0.323 e. The molecular weight excluding hydrogens is 306 g/mol. The molecular formula is C15H18BrNO2. The summed E-state index contributed by atoms with van der Waals surface area (Å²) in [7, 11) is 0. The Morgan fingerprint density at radius 1 is 1.37 bits per heavy atom. The second-order valence-corrected chi connectivity index (χ2v) is 6.29. The molecule has 19 heavy (non-hydrogen) atoms. The first-order valence-electron chi connectivity index (χ1n) is 6.89. The number of halogens is 1. The number of nitrogens with one attached hydrogen (secondary N) is 1. The number of ether oxygens (including phenoxy) is 1. The quantitative estimate of drug-likeness (QED) is 0.869. The normalized spacial score (nSPS) is 29.2. The number of fused-ring (bicyclic) bond motifs is 1. The molecule has 0 radical (unpaired) electrons. The van der Waals surface area contributed by atoms with Crippen molar-refractivity contribution in [1.29, 1.82) is 0 Å². The minimum atomic E-state index is -0.0925. The summed E-state index contributed by atoms with van der Waals surface area (Å²) in [5.74, 6) is 1.08. The third-order valence-electron chi connectivity index (χ3n) is 4.33. The highest BCUT2D eigenvalue weighted by Crippen LogP contribution is 2.38. The molecule has 1 aromatic rings. The highest BCUT2D eigenvalue weighted by molar-refractivity contribution is 9.10. The Morgan fingerprint density at radius 2 is 2.21 bits per heavy atom. The maximum atomic E-state index is 12.2. The number of hydrogen-bond acceptors (Lipinski definition) is 3. The van der Waals surface area contributed by atoms with E-state index in [1.807, 2.05) is 24.3 Å². The van der Waals surface area contributed by atoms with Gasteiger partial charge in [-0.1, -0.05) is 40.5 Å². The molecule has 1 aliphatic heterocycles. The fourth-order valence-electron chi connectivity index (χ4n) is 3.30. The van der Waals surface area contributed by atoms with Crippen LogP contribution in [-0.2, 0) is 16.1 Å². The molecule has 0 aromatic heterocycles. The lowest BCUT2D eigenvalue weighted by molar-refractivity contribution is -0.148. The Hall–Kier alpha value is -0.870. The first-order chi connectivity index (χ1) is 9.25. The number of rotatable bonds is 3. The molecule has 1 aromatic carbocycles. The van der Waals surface area contributed by atoms with Crippen LogP contribution in [0.15, 0.2) is 28.7 Å². The van der Waals surface area contributed by atoms with Crippen LogP contribution in [0.2, 0.25) is 0 Å². The first kappa shape index (κ1) is 13.1. The predicted octanol–water partition coefficient (Wildman–Crippen LogP) is 2.88. The molecule has 4 heteroatoms. The van der Waals surface area contributed by atoms with Gasteiger partial charge in [0, 0.05) is 10.0 Å². The molecule has 1 N–H and O–H groups in total. The lowest BCUT2D eigenvalue weighted by Gasteiger charge is -2.17. The summed E-state index contributed by atoms with van der Waals surface area (Å²) in [5, 5.41) is 3.32. The van der Waals surface area contributed by atoms with Gasteiger partial charge in [-0.25, -0.2) is 0 Å². The van der Waals surface area contributed by atoms with E-state index in [1.165, 1.54) is 12.8 Å². The van der Waals surface area contributed by atoms with E-state index >= 15 is 0 Å². The van der Waals surface area contributed by atoms with Crippen molar-refractivity contribution in [1.82, 2.24) is 5.32 Å². The molecule has 3 unspecified atom stereocenters. The van der Waals surface area contributed by atoms with Crippen LogP contribution in [0.4, 0.5) is 0 Å². The van der Waals surface area contributed by atoms with Crippen LogP contribution in [0.1, 0.15) is 24.8 Å². The van der Waals surface area contributed by atoms with Gasteiger partial charge >= 0.3 is 5.97 Å². The average molecular weight is 324 g/mol. The number of esters is 1. The smallest absolute Gasteiger partial charge is 0.323 e. The molecule has 102 valence electrons. The Morgan fingerprint density at radius 3 is 3.05 bits per heavy atom. The van der Waals surface area contributed by atoms with Gasteiger partial charge in [-0.2, -0.15) is 0 Å². The monoisotopic (exact) mass is 323 g/mol. The lowest BCUT2D eigenvalue weighted by Crippen LogP contribution is -2.36. The van der Waals surface area contributed by atoms with Crippen LogP contribution in [0.25, 0.3) is 0 Å². The summed E-state index contributed by atoms with van der Waals surface area (Å²) in [6.07, 6.45) is 3.67. The Balaban J connectivity index is 1.58. The fraction of sp³-hybridized carbons (Fsp3) is 0.533. The summed E-state index contributed by atoms with van der Waals surface area (Å²) < 4.78 is 6.46. The molecule has 3 atom stereocenters. The molecule has 2 fully saturated rings. The van der Waals surface area contributed by atoms with Crippen molar-refractivity contribution >= 4 is 21.9 Å². The van der Waals surface area contributed by atoms with Gasteiger partial charge in [0.15, 0.2) is 0 Å². The standard InChI is InChI=1S/C15H18BrNO2/c16-13-7-2-1-4-11(13)9-19-15(18)14-12-6-3-5-10(12)8-17-14/h1-2,4,7,10,12,14,17H,3,5-6,8-9H2. The fourth-order valence-corrected chi connectivity index (χ4v) is 3.70. The van der Waals surface area contributed by atoms with E-state index in [0.29, 0.717) is 18.4 Å². The van der Waals surface area contributed by atoms with Crippen LogP contribution >= 0.6 is 15.9 Å². The van der Waals surface area contributed by atoms with Crippen molar-refractivity contribution in [3.05, 3.63) is 34.3 Å². The van der Waals surface area contributed by atoms with Crippen molar-refractivity contribution < 1.29 is 9.53 Å². The van der Waals surface area contributed by atoms with E-state index in [-0.39, 0.29) is 12.0 Å². The van der Waals surface area contributed by atoms with Gasteiger partial charge < -0.3 is 10.1 Å². The largest absolute Gasteiger partial charge is 0.460 e. The van der Waals surface area contributed by atoms with Crippen molar-refractivity contribution in [2.24, 2.45) is 11.8 Å². The molecule has 0 spiro atoms. The highest BCUT2D eigenvalue weighted by atomic mass is 79.9. The predicted molar refractivity (Wildman–Crippen MR) is 76.6 cm³/mol. The lowest BCUT2D eigenvalue weighted by atomic mass is 9.94. The summed E-state index contributed by atoms with van der Waals surface area (Å²) in [6, 6.07) is 7.75. The van der Waals surface area contributed by atoms with Crippen LogP contribution in [0, 0.1) is 11.8 Å². The van der Waals surface area contributed by atoms with Gasteiger partial charge in [-0.15, -0.1) is 0 Å². The van der Waals surface area contributed by atoms with E-state index in [0.717, 1.165) is 23.0 Å². The van der Waals surface area contributed by atoms with Crippen LogP contribution in [-0.4, -0.2) is 18.6 Å². The number of benzene rings is 1. The number of carbonyl (C=O) groups excluding carboxylic acids is 1. The zero-order chi connectivity index (χ0) is 13.2. The molecule has 3 rings (SSSR count). The highest BCUT2D eigenvalue weighted by Gasteiger charge is 2.43. The topological polar surface area (TPSA) is 38.3 Å². The second kappa shape index (κ2) is 5.63. The van der Waals surface area contributed by atoms with Crippen LogP contribution in [0.3, 0.4) is 0 Å². The molecule has 1 aliphatic carbocycles. The van der Waals surface area contributed by atoms with E-state index in [4.69, 9.17) is 4.74 Å². The van der Waals surface area contributed by atoms with Crippen molar-refractivity contribution in [3.8, 4) is 0 Å². The zero-order valence-corrected chi connectivity index (χ0v) is 12.4. The van der Waals surface area contributed by atoms with Gasteiger partial charge in [0.25, 0.3) is 0 Å². The van der Waals surface area contributed by atoms with Gasteiger partial charge in [0.2, 0.25) is 0 Å². The Kier molecular flexibility index (Phi) is 3.89. The Bertz CT molecular complexity index is 477. The zero-order valence-electron chi connectivity index (χ0n) is 10.8. The summed E-state index contributed by atoms with van der Waals surface area (Å²) >= 11 is 3.47. The van der Waals surface area contributed by atoms with E-state index in [9.17, 15) is 4.79 Å². The van der Waals surface area contributed by atoms with E-state index in [1.54, 1.807) is 0 Å². The summed E-state index contributed by atoms with van der Waals surface area (Å²) in [5.41, 5.74) is 1.01. The van der Waals surface area contributed by atoms with Crippen LogP contribution in [0.5, 0.6) is 0 Å². The third kappa shape index (κ3) is 2.70. The molecule has 2 aliphatic rings. The van der Waals surface area contributed by atoms with Gasteiger partial charge in [0.1, 0.15) is 12.6 Å². The molecule has 1 saturated heterocycles. The number of hydrogen-bond donors (Lipinski definition) is 1. The maximum absolute atomic E-state index is 12.2. The molecule has 3 nitrogen and oxygen atoms in total. The van der Waals surface area contributed by atoms with Crippen molar-refractivity contribution in [2.45, 2.75) is 31.9 Å². The number of carbonyl (C=O) groups is 1. The molecule has 0 amide bonds. The molecule has 0 bridgehead atoms. The Labute approximate surface area is 121 Å².